The van der Waals surface area contributed by atoms with Gasteiger partial charge in [-0.25, -0.2) is 4.79 Å². The third kappa shape index (κ3) is 7.76. The van der Waals surface area contributed by atoms with Gasteiger partial charge >= 0.3 is 6.03 Å². The number of nitrogens with zero attached hydrogens (tertiary/aromatic N) is 6. The van der Waals surface area contributed by atoms with Gasteiger partial charge in [-0.3, -0.25) is 14.4 Å². The van der Waals surface area contributed by atoms with E-state index in [4.69, 9.17) is 11.6 Å². The first-order valence-electron chi connectivity index (χ1n) is 13.0. The number of rotatable bonds is 13. The Hall–Kier alpha value is -4.63. The van der Waals surface area contributed by atoms with Crippen LogP contribution >= 0.6 is 11.6 Å². The summed E-state index contributed by atoms with van der Waals surface area (Å²) in [4.78, 5) is 76.8. The first-order chi connectivity index (χ1) is 20.0. The molecule has 0 saturated carbocycles. The topological polar surface area (TPSA) is 173 Å². The van der Waals surface area contributed by atoms with Gasteiger partial charge in [0.05, 0.1) is 28.9 Å². The number of nitroso groups, excluding NO2 is 1. The van der Waals surface area contributed by atoms with Crippen LogP contribution in [-0.2, 0) is 0 Å². The van der Waals surface area contributed by atoms with E-state index in [1.807, 2.05) is 14.1 Å². The molecule has 15 nitrogen and oxygen atoms in total. The van der Waals surface area contributed by atoms with E-state index in [0.29, 0.717) is 28.6 Å². The summed E-state index contributed by atoms with van der Waals surface area (Å²) < 4.78 is 0. The van der Waals surface area contributed by atoms with Crippen LogP contribution in [0, 0.1) is 4.91 Å². The second kappa shape index (κ2) is 14.3. The van der Waals surface area contributed by atoms with Gasteiger partial charge < -0.3 is 39.9 Å². The van der Waals surface area contributed by atoms with Gasteiger partial charge in [0.25, 0.3) is 17.7 Å². The third-order valence-corrected chi connectivity index (χ3v) is 6.59. The maximum atomic E-state index is 13.2. The van der Waals surface area contributed by atoms with Crippen molar-refractivity contribution in [3.8, 4) is 0 Å². The molecule has 0 atom stereocenters. The fourth-order valence-electron chi connectivity index (χ4n) is 3.96. The van der Waals surface area contributed by atoms with Gasteiger partial charge in [-0.15, -0.1) is 16.5 Å². The summed E-state index contributed by atoms with van der Waals surface area (Å²) in [6.45, 7) is 1.39. The first kappa shape index (κ1) is 31.9. The Morgan fingerprint density at radius 3 is 1.81 bits per heavy atom. The number of hydrogen-bond donors (Lipinski definition) is 4. The quantitative estimate of drug-likeness (QED) is 0.133. The molecule has 0 aliphatic carbocycles. The molecule has 16 heteroatoms. The highest BCUT2D eigenvalue weighted by Crippen LogP contribution is 2.22. The molecule has 0 saturated heterocycles. The summed E-state index contributed by atoms with van der Waals surface area (Å²) in [5, 5.41) is 5.69. The number of alkyl halides is 1. The lowest BCUT2D eigenvalue weighted by Crippen LogP contribution is -2.31. The van der Waals surface area contributed by atoms with Crippen molar-refractivity contribution in [2.75, 3.05) is 75.9 Å². The number of aromatic nitrogens is 3. The largest absolute Gasteiger partial charge is 0.355 e. The van der Waals surface area contributed by atoms with Crippen molar-refractivity contribution in [1.29, 1.82) is 0 Å². The summed E-state index contributed by atoms with van der Waals surface area (Å²) >= 11 is 5.55. The van der Waals surface area contributed by atoms with E-state index in [1.165, 1.54) is 41.4 Å². The molecule has 3 aromatic heterocycles. The van der Waals surface area contributed by atoms with Gasteiger partial charge in [-0.1, -0.05) is 0 Å². The Bertz CT molecular complexity index is 1410. The average molecular weight is 603 g/mol. The smallest absolute Gasteiger partial charge is 0.344 e. The maximum absolute atomic E-state index is 13.2. The normalized spacial score (nSPS) is 10.8. The summed E-state index contributed by atoms with van der Waals surface area (Å²) in [5.41, 5.74) is 1.90. The summed E-state index contributed by atoms with van der Waals surface area (Å²) in [6.07, 6.45) is 5.32. The lowest BCUT2D eigenvalue weighted by molar-refractivity contribution is 0.0785. The summed E-state index contributed by atoms with van der Waals surface area (Å²) in [5.74, 6) is -0.979. The van der Waals surface area contributed by atoms with Crippen LogP contribution in [0.2, 0.25) is 0 Å². The Labute approximate surface area is 247 Å². The van der Waals surface area contributed by atoms with Gasteiger partial charge in [0.1, 0.15) is 17.1 Å². The molecule has 226 valence electrons. The lowest BCUT2D eigenvalue weighted by atomic mass is 10.3. The van der Waals surface area contributed by atoms with E-state index in [0.717, 1.165) is 13.0 Å². The summed E-state index contributed by atoms with van der Waals surface area (Å²) in [7, 11) is 8.80. The zero-order valence-corrected chi connectivity index (χ0v) is 24.9. The number of anilines is 3. The minimum Gasteiger partial charge on any atom is -0.355 e. The van der Waals surface area contributed by atoms with E-state index in [1.54, 1.807) is 31.3 Å². The molecule has 5 amide bonds. The maximum Gasteiger partial charge on any atom is 0.344 e. The fourth-order valence-corrected chi connectivity index (χ4v) is 4.12. The molecular weight excluding hydrogens is 568 g/mol. The zero-order chi connectivity index (χ0) is 31.0. The van der Waals surface area contributed by atoms with Gasteiger partial charge in [-0.05, 0) is 45.3 Å². The van der Waals surface area contributed by atoms with Crippen molar-refractivity contribution in [2.24, 2.45) is 5.29 Å². The van der Waals surface area contributed by atoms with Crippen molar-refractivity contribution < 1.29 is 19.2 Å². The van der Waals surface area contributed by atoms with Crippen LogP contribution < -0.4 is 15.1 Å². The molecule has 3 rings (SSSR count). The number of H-pyrrole nitrogens is 3. The molecule has 0 aliphatic heterocycles. The van der Waals surface area contributed by atoms with Gasteiger partial charge in [0, 0.05) is 52.2 Å². The average Bonchev–Trinajstić information content (AvgIpc) is 3.75. The molecule has 3 heterocycles. The SMILES string of the molecule is CN(C)CCCN(C)C(=O)c1cc(N(C)C(=O)c2cc(N(C)C(=O)c3cc(NC(=O)N(CCCl)N=O)c[nH]3)c[nH]2)c[nH]1. The minimum atomic E-state index is -0.791. The number of hydrogen-bond acceptors (Lipinski definition) is 7. The number of carbonyl (C=O) groups excluding carboxylic acids is 4. The van der Waals surface area contributed by atoms with Crippen LogP contribution in [0.15, 0.2) is 42.1 Å². The Kier molecular flexibility index (Phi) is 10.9. The highest BCUT2D eigenvalue weighted by atomic mass is 35.5. The second-order valence-corrected chi connectivity index (χ2v) is 10.2. The zero-order valence-electron chi connectivity index (χ0n) is 24.1. The van der Waals surface area contributed by atoms with Gasteiger partial charge in [0.15, 0.2) is 0 Å². The number of urea groups is 1. The standard InChI is InChI=1S/C26H35ClN10O5/c1-33(2)8-6-9-34(3)23(38)21-12-18(15-29-21)36(5)25(40)22-13-19(16-30-22)35(4)24(39)20-11-17(14-28-20)31-26(41)37(32-42)10-7-27/h11-16,28-30H,6-10H2,1-5H3,(H,31,41). The third-order valence-electron chi connectivity index (χ3n) is 6.42. The molecule has 0 bridgehead atoms. The second-order valence-electron chi connectivity index (χ2n) is 9.78. The molecular formula is C26H35ClN10O5. The van der Waals surface area contributed by atoms with Crippen LogP contribution in [-0.4, -0.2) is 114 Å². The number of carbonyl (C=O) groups is 4. The predicted molar refractivity (Wildman–Crippen MR) is 160 cm³/mol. The van der Waals surface area contributed by atoms with Crippen molar-refractivity contribution in [3.63, 3.8) is 0 Å². The van der Waals surface area contributed by atoms with Gasteiger partial charge in [-0.2, -0.15) is 5.01 Å². The number of aromatic amines is 3. The van der Waals surface area contributed by atoms with E-state index in [9.17, 15) is 24.1 Å². The monoisotopic (exact) mass is 602 g/mol. The lowest BCUT2D eigenvalue weighted by Gasteiger charge is -2.18. The van der Waals surface area contributed by atoms with Crippen molar-refractivity contribution >= 4 is 52.4 Å². The molecule has 42 heavy (non-hydrogen) atoms. The van der Waals surface area contributed by atoms with Crippen molar-refractivity contribution in [1.82, 2.24) is 29.8 Å². The van der Waals surface area contributed by atoms with E-state index < -0.39 is 11.9 Å². The van der Waals surface area contributed by atoms with Crippen LogP contribution in [0.4, 0.5) is 21.9 Å². The van der Waals surface area contributed by atoms with Crippen LogP contribution in [0.25, 0.3) is 0 Å². The summed E-state index contributed by atoms with van der Waals surface area (Å²) in [6, 6.07) is 3.75. The molecule has 0 aromatic carbocycles. The minimum absolute atomic E-state index is 0.0266. The van der Waals surface area contributed by atoms with Gasteiger partial charge in [0.2, 0.25) is 0 Å². The van der Waals surface area contributed by atoms with Crippen molar-refractivity contribution in [2.45, 2.75) is 6.42 Å². The van der Waals surface area contributed by atoms with E-state index in [-0.39, 0.29) is 41.3 Å². The first-order valence-corrected chi connectivity index (χ1v) is 13.5. The molecule has 0 radical (unpaired) electrons. The molecule has 3 aromatic rings. The predicted octanol–water partition coefficient (Wildman–Crippen LogP) is 3.00. The van der Waals surface area contributed by atoms with Crippen molar-refractivity contribution in [3.05, 3.63) is 58.8 Å². The Morgan fingerprint density at radius 2 is 1.29 bits per heavy atom. The molecule has 0 spiro atoms. The molecule has 0 aliphatic rings. The molecule has 4 N–H and O–H groups in total. The molecule has 0 unspecified atom stereocenters. The highest BCUT2D eigenvalue weighted by Gasteiger charge is 2.23. The van der Waals surface area contributed by atoms with Crippen LogP contribution in [0.3, 0.4) is 0 Å². The molecule has 0 fully saturated rings. The fraction of sp³-hybridized carbons (Fsp3) is 0.385. The van der Waals surface area contributed by atoms with E-state index in [2.05, 4.69) is 30.5 Å². The van der Waals surface area contributed by atoms with E-state index >= 15 is 0 Å². The Morgan fingerprint density at radius 1 is 0.762 bits per heavy atom. The van der Waals surface area contributed by atoms with Crippen LogP contribution in [0.5, 0.6) is 0 Å². The Balaban J connectivity index is 1.62. The number of amides is 5. The van der Waals surface area contributed by atoms with Crippen LogP contribution in [0.1, 0.15) is 37.9 Å². The number of nitrogens with one attached hydrogen (secondary N) is 4. The highest BCUT2D eigenvalue weighted by molar-refractivity contribution is 6.18. The number of halogens is 1.